The third kappa shape index (κ3) is 2.54. The van der Waals surface area contributed by atoms with Crippen LogP contribution in [0.15, 0.2) is 33.6 Å². The van der Waals surface area contributed by atoms with Crippen LogP contribution in [0.1, 0.15) is 16.8 Å². The molecule has 4 aromatic heterocycles. The van der Waals surface area contributed by atoms with Crippen molar-refractivity contribution in [3.63, 3.8) is 0 Å². The second-order valence-corrected chi connectivity index (χ2v) is 7.03. The number of H-pyrrole nitrogens is 1. The van der Waals surface area contributed by atoms with Crippen LogP contribution < -0.4 is 5.32 Å². The molecule has 0 fully saturated rings. The first kappa shape index (κ1) is 15.4. The van der Waals surface area contributed by atoms with Crippen molar-refractivity contribution in [1.29, 1.82) is 0 Å². The van der Waals surface area contributed by atoms with Gasteiger partial charge in [-0.3, -0.25) is 10.1 Å². The van der Waals surface area contributed by atoms with Gasteiger partial charge in [-0.15, -0.1) is 0 Å². The molecule has 0 bridgehead atoms. The molecule has 0 amide bonds. The molecule has 0 radical (unpaired) electrons. The monoisotopic (exact) mass is 364 g/mol. The molecule has 5 heterocycles. The van der Waals surface area contributed by atoms with E-state index in [0.717, 1.165) is 42.0 Å². The molecule has 0 saturated carbocycles. The fraction of sp³-hybridized carbons (Fsp3) is 0.222. The van der Waals surface area contributed by atoms with E-state index < -0.39 is 0 Å². The Kier molecular flexibility index (Phi) is 3.65. The summed E-state index contributed by atoms with van der Waals surface area (Å²) in [4.78, 5) is 9.12. The van der Waals surface area contributed by atoms with Crippen LogP contribution in [0, 0.1) is 6.92 Å². The molecule has 0 spiro atoms. The van der Waals surface area contributed by atoms with Crippen LogP contribution >= 0.6 is 11.3 Å². The Morgan fingerprint density at radius 2 is 2.27 bits per heavy atom. The van der Waals surface area contributed by atoms with Crippen LogP contribution in [-0.4, -0.2) is 31.9 Å². The summed E-state index contributed by atoms with van der Waals surface area (Å²) < 4.78 is 5.51. The molecule has 8 heteroatoms. The average molecular weight is 364 g/mol. The number of nitrogens with one attached hydrogen (secondary N) is 2. The summed E-state index contributed by atoms with van der Waals surface area (Å²) in [6.07, 6.45) is 2.87. The van der Waals surface area contributed by atoms with Gasteiger partial charge in [-0.25, -0.2) is 0 Å². The fourth-order valence-corrected chi connectivity index (χ4v) is 3.94. The summed E-state index contributed by atoms with van der Waals surface area (Å²) in [5.41, 5.74) is 7.00. The highest BCUT2D eigenvalue weighted by Gasteiger charge is 2.22. The Morgan fingerprint density at radius 1 is 1.31 bits per heavy atom. The van der Waals surface area contributed by atoms with E-state index in [4.69, 9.17) is 4.52 Å². The van der Waals surface area contributed by atoms with Crippen molar-refractivity contribution in [2.75, 3.05) is 6.54 Å². The number of aryl methyl sites for hydroxylation is 1. The second-order valence-electron chi connectivity index (χ2n) is 6.25. The Morgan fingerprint density at radius 3 is 3.15 bits per heavy atom. The molecule has 0 aromatic carbocycles. The first-order valence-corrected chi connectivity index (χ1v) is 9.34. The van der Waals surface area contributed by atoms with Gasteiger partial charge in [-0.05, 0) is 48.5 Å². The minimum atomic E-state index is 0.430. The summed E-state index contributed by atoms with van der Waals surface area (Å²) in [5.74, 6) is 1.01. The molecule has 0 saturated heterocycles. The van der Waals surface area contributed by atoms with Gasteiger partial charge in [0.1, 0.15) is 5.69 Å². The summed E-state index contributed by atoms with van der Waals surface area (Å²) in [6.45, 7) is 3.75. The molecule has 0 atom stereocenters. The van der Waals surface area contributed by atoms with E-state index >= 15 is 0 Å². The van der Waals surface area contributed by atoms with Gasteiger partial charge in [-0.1, -0.05) is 5.16 Å². The van der Waals surface area contributed by atoms with Crippen LogP contribution in [0.5, 0.6) is 0 Å². The van der Waals surface area contributed by atoms with Crippen LogP contribution in [-0.2, 0) is 13.0 Å². The molecule has 5 rings (SSSR count). The third-order valence-electron chi connectivity index (χ3n) is 4.61. The van der Waals surface area contributed by atoms with Gasteiger partial charge in [0, 0.05) is 34.9 Å². The summed E-state index contributed by atoms with van der Waals surface area (Å²) in [7, 11) is 0. The van der Waals surface area contributed by atoms with E-state index in [2.05, 4.69) is 36.0 Å². The van der Waals surface area contributed by atoms with Crippen molar-refractivity contribution in [2.24, 2.45) is 0 Å². The molecule has 2 N–H and O–H groups in total. The number of aromatic amines is 1. The molecule has 26 heavy (non-hydrogen) atoms. The van der Waals surface area contributed by atoms with Crippen molar-refractivity contribution in [2.45, 2.75) is 19.9 Å². The van der Waals surface area contributed by atoms with Gasteiger partial charge in [-0.2, -0.15) is 21.4 Å². The smallest absolute Gasteiger partial charge is 0.276 e. The van der Waals surface area contributed by atoms with Crippen molar-refractivity contribution in [3.05, 3.63) is 45.9 Å². The van der Waals surface area contributed by atoms with E-state index in [1.807, 2.05) is 30.6 Å². The molecule has 1 aliphatic rings. The molecule has 0 unspecified atom stereocenters. The maximum Gasteiger partial charge on any atom is 0.276 e. The number of hydrogen-bond donors (Lipinski definition) is 2. The molecule has 0 aliphatic carbocycles. The van der Waals surface area contributed by atoms with Crippen LogP contribution in [0.4, 0.5) is 0 Å². The highest BCUT2D eigenvalue weighted by Crippen LogP contribution is 2.31. The average Bonchev–Trinajstić information content (AvgIpc) is 3.41. The predicted molar refractivity (Wildman–Crippen MR) is 98.6 cm³/mol. The normalized spacial score (nSPS) is 13.7. The van der Waals surface area contributed by atoms with Crippen molar-refractivity contribution in [1.82, 2.24) is 30.6 Å². The van der Waals surface area contributed by atoms with Crippen molar-refractivity contribution in [3.8, 4) is 34.2 Å². The number of rotatable bonds is 3. The van der Waals surface area contributed by atoms with Gasteiger partial charge in [0.15, 0.2) is 0 Å². The predicted octanol–water partition coefficient (Wildman–Crippen LogP) is 3.20. The van der Waals surface area contributed by atoms with Gasteiger partial charge < -0.3 is 9.84 Å². The van der Waals surface area contributed by atoms with Crippen LogP contribution in [0.2, 0.25) is 0 Å². The molecule has 7 nitrogen and oxygen atoms in total. The number of fused-ring (bicyclic) bond motifs is 1. The van der Waals surface area contributed by atoms with Gasteiger partial charge in [0.05, 0.1) is 5.69 Å². The fourth-order valence-electron chi connectivity index (χ4n) is 3.29. The largest absolute Gasteiger partial charge is 0.332 e. The minimum absolute atomic E-state index is 0.430. The SMILES string of the molecule is Cc1ncc2c(c1-c1noc(-c3cc(-c4ccsc4)n[nH]3)n1)CCNC2. The molecule has 1 aliphatic heterocycles. The Hall–Kier alpha value is -2.84. The number of aromatic nitrogens is 5. The Bertz CT molecular complexity index is 1070. The maximum absolute atomic E-state index is 5.51. The zero-order valence-electron chi connectivity index (χ0n) is 14.1. The standard InChI is InChI=1S/C18H16N6OS/c1-10-16(13-2-4-19-7-12(13)8-20-10)17-21-18(25-24-17)15-6-14(22-23-15)11-3-5-26-9-11/h3,5-6,8-9,19H,2,4,7H2,1H3,(H,22,23). The van der Waals surface area contributed by atoms with E-state index in [1.165, 1.54) is 11.1 Å². The van der Waals surface area contributed by atoms with Crippen LogP contribution in [0.25, 0.3) is 34.2 Å². The van der Waals surface area contributed by atoms with E-state index in [1.54, 1.807) is 11.3 Å². The van der Waals surface area contributed by atoms with Crippen LogP contribution in [0.3, 0.4) is 0 Å². The Labute approximate surface area is 153 Å². The number of thiophene rings is 1. The summed E-state index contributed by atoms with van der Waals surface area (Å²) in [5, 5.41) is 19.0. The molecular formula is C18H16N6OS. The van der Waals surface area contributed by atoms with E-state index in [0.29, 0.717) is 17.4 Å². The van der Waals surface area contributed by atoms with E-state index in [9.17, 15) is 0 Å². The zero-order valence-corrected chi connectivity index (χ0v) is 14.9. The second kappa shape index (κ2) is 6.15. The number of hydrogen-bond acceptors (Lipinski definition) is 7. The van der Waals surface area contributed by atoms with Gasteiger partial charge in [0.2, 0.25) is 5.82 Å². The molecule has 130 valence electrons. The van der Waals surface area contributed by atoms with Gasteiger partial charge in [0.25, 0.3) is 5.89 Å². The maximum atomic E-state index is 5.51. The molecular weight excluding hydrogens is 348 g/mol. The highest BCUT2D eigenvalue weighted by molar-refractivity contribution is 7.08. The lowest BCUT2D eigenvalue weighted by Gasteiger charge is -2.19. The lowest BCUT2D eigenvalue weighted by molar-refractivity contribution is 0.430. The first-order chi connectivity index (χ1) is 12.8. The van der Waals surface area contributed by atoms with Crippen molar-refractivity contribution >= 4 is 11.3 Å². The van der Waals surface area contributed by atoms with E-state index in [-0.39, 0.29) is 0 Å². The highest BCUT2D eigenvalue weighted by atomic mass is 32.1. The molecule has 4 aromatic rings. The minimum Gasteiger partial charge on any atom is -0.332 e. The lowest BCUT2D eigenvalue weighted by atomic mass is 9.95. The summed E-state index contributed by atoms with van der Waals surface area (Å²) >= 11 is 1.64. The third-order valence-corrected chi connectivity index (χ3v) is 5.29. The zero-order chi connectivity index (χ0) is 17.5. The number of nitrogens with zero attached hydrogens (tertiary/aromatic N) is 4. The number of pyridine rings is 1. The lowest BCUT2D eigenvalue weighted by Crippen LogP contribution is -2.24. The van der Waals surface area contributed by atoms with Crippen molar-refractivity contribution < 1.29 is 4.52 Å². The summed E-state index contributed by atoms with van der Waals surface area (Å²) in [6, 6.07) is 3.96. The topological polar surface area (TPSA) is 92.5 Å². The first-order valence-electron chi connectivity index (χ1n) is 8.40. The quantitative estimate of drug-likeness (QED) is 0.580. The Balaban J connectivity index is 1.54. The van der Waals surface area contributed by atoms with Gasteiger partial charge >= 0.3 is 0 Å².